The smallest absolute Gasteiger partial charge is 0.00980 e. The summed E-state index contributed by atoms with van der Waals surface area (Å²) < 4.78 is 0. The van der Waals surface area contributed by atoms with Gasteiger partial charge >= 0.3 is 0 Å². The van der Waals surface area contributed by atoms with Crippen molar-refractivity contribution in [2.75, 3.05) is 0 Å². The average molecular weight is 239 g/mol. The lowest BCUT2D eigenvalue weighted by atomic mass is 9.92. The maximum atomic E-state index is 3.94. The summed E-state index contributed by atoms with van der Waals surface area (Å²) in [7, 11) is 0. The van der Waals surface area contributed by atoms with Gasteiger partial charge in [-0.3, -0.25) is 0 Å². The minimum absolute atomic E-state index is 0.744. The molecule has 1 aliphatic carbocycles. The standard InChI is InChI=1S/C16H33N/c1-6-12(4)11-15(8-3)17-16-10-9-14(7-2)13(16)5/h12-17H,6-11H2,1-5H3. The van der Waals surface area contributed by atoms with Crippen LogP contribution in [-0.4, -0.2) is 12.1 Å². The molecular formula is C16H33N. The summed E-state index contributed by atoms with van der Waals surface area (Å²) in [5.41, 5.74) is 0. The Hall–Kier alpha value is -0.0400. The van der Waals surface area contributed by atoms with E-state index in [-0.39, 0.29) is 0 Å². The molecule has 5 atom stereocenters. The quantitative estimate of drug-likeness (QED) is 0.684. The van der Waals surface area contributed by atoms with Crippen molar-refractivity contribution in [3.63, 3.8) is 0 Å². The van der Waals surface area contributed by atoms with E-state index in [0.717, 1.165) is 29.8 Å². The maximum absolute atomic E-state index is 3.94. The van der Waals surface area contributed by atoms with Crippen LogP contribution in [0.25, 0.3) is 0 Å². The average Bonchev–Trinajstić information content (AvgIpc) is 2.69. The van der Waals surface area contributed by atoms with Gasteiger partial charge in [0.1, 0.15) is 0 Å². The monoisotopic (exact) mass is 239 g/mol. The van der Waals surface area contributed by atoms with Crippen molar-refractivity contribution in [3.8, 4) is 0 Å². The third-order valence-corrected chi connectivity index (χ3v) is 5.08. The van der Waals surface area contributed by atoms with Gasteiger partial charge in [-0.25, -0.2) is 0 Å². The highest BCUT2D eigenvalue weighted by Crippen LogP contribution is 2.34. The van der Waals surface area contributed by atoms with E-state index < -0.39 is 0 Å². The molecule has 1 aliphatic rings. The lowest BCUT2D eigenvalue weighted by molar-refractivity contribution is 0.291. The van der Waals surface area contributed by atoms with Crippen molar-refractivity contribution in [1.82, 2.24) is 5.32 Å². The first-order chi connectivity index (χ1) is 8.12. The molecule has 1 fully saturated rings. The molecule has 0 spiro atoms. The molecule has 102 valence electrons. The molecule has 0 aromatic heterocycles. The number of hydrogen-bond acceptors (Lipinski definition) is 1. The Kier molecular flexibility index (Phi) is 6.54. The van der Waals surface area contributed by atoms with Crippen LogP contribution in [0.15, 0.2) is 0 Å². The second-order valence-corrected chi connectivity index (χ2v) is 6.23. The summed E-state index contributed by atoms with van der Waals surface area (Å²) >= 11 is 0. The van der Waals surface area contributed by atoms with E-state index in [1.807, 2.05) is 0 Å². The Morgan fingerprint density at radius 2 is 1.82 bits per heavy atom. The third-order valence-electron chi connectivity index (χ3n) is 5.08. The van der Waals surface area contributed by atoms with E-state index >= 15 is 0 Å². The number of hydrogen-bond donors (Lipinski definition) is 1. The summed E-state index contributed by atoms with van der Waals surface area (Å²) in [4.78, 5) is 0. The molecule has 0 radical (unpaired) electrons. The fourth-order valence-electron chi connectivity index (χ4n) is 3.37. The summed E-state index contributed by atoms with van der Waals surface area (Å²) in [6.45, 7) is 11.8. The van der Waals surface area contributed by atoms with Crippen LogP contribution in [0.2, 0.25) is 0 Å². The fraction of sp³-hybridized carbons (Fsp3) is 1.00. The van der Waals surface area contributed by atoms with Gasteiger partial charge in [-0.2, -0.15) is 0 Å². The minimum Gasteiger partial charge on any atom is -0.311 e. The van der Waals surface area contributed by atoms with E-state index in [9.17, 15) is 0 Å². The maximum Gasteiger partial charge on any atom is 0.00980 e. The molecule has 0 saturated heterocycles. The van der Waals surface area contributed by atoms with Crippen LogP contribution in [0.3, 0.4) is 0 Å². The first kappa shape index (κ1) is 15.0. The molecule has 1 rings (SSSR count). The molecule has 1 heteroatoms. The van der Waals surface area contributed by atoms with Crippen molar-refractivity contribution in [2.45, 2.75) is 85.2 Å². The third kappa shape index (κ3) is 4.28. The van der Waals surface area contributed by atoms with Gasteiger partial charge in [0.2, 0.25) is 0 Å². The Morgan fingerprint density at radius 3 is 2.29 bits per heavy atom. The summed E-state index contributed by atoms with van der Waals surface area (Å²) in [6.07, 6.45) is 8.15. The molecule has 0 heterocycles. The largest absolute Gasteiger partial charge is 0.311 e. The zero-order valence-corrected chi connectivity index (χ0v) is 12.6. The lowest BCUT2D eigenvalue weighted by Crippen LogP contribution is -2.41. The Labute approximate surface area is 109 Å². The zero-order chi connectivity index (χ0) is 12.8. The lowest BCUT2D eigenvalue weighted by Gasteiger charge is -2.28. The van der Waals surface area contributed by atoms with Crippen molar-refractivity contribution < 1.29 is 0 Å². The predicted molar refractivity (Wildman–Crippen MR) is 77.3 cm³/mol. The van der Waals surface area contributed by atoms with Gasteiger partial charge in [-0.05, 0) is 43.4 Å². The van der Waals surface area contributed by atoms with Crippen molar-refractivity contribution in [3.05, 3.63) is 0 Å². The van der Waals surface area contributed by atoms with Gasteiger partial charge < -0.3 is 5.32 Å². The van der Waals surface area contributed by atoms with Crippen LogP contribution >= 0.6 is 0 Å². The van der Waals surface area contributed by atoms with E-state index in [0.29, 0.717) is 0 Å². The summed E-state index contributed by atoms with van der Waals surface area (Å²) in [5.74, 6) is 2.71. The van der Waals surface area contributed by atoms with Crippen molar-refractivity contribution in [1.29, 1.82) is 0 Å². The summed E-state index contributed by atoms with van der Waals surface area (Å²) in [5, 5.41) is 3.94. The molecule has 0 aromatic carbocycles. The van der Waals surface area contributed by atoms with Crippen molar-refractivity contribution >= 4 is 0 Å². The molecule has 1 N–H and O–H groups in total. The molecule has 1 nitrogen and oxygen atoms in total. The molecule has 0 bridgehead atoms. The van der Waals surface area contributed by atoms with Gasteiger partial charge in [0.05, 0.1) is 0 Å². The van der Waals surface area contributed by atoms with Crippen LogP contribution in [0, 0.1) is 17.8 Å². The van der Waals surface area contributed by atoms with Crippen LogP contribution in [0.5, 0.6) is 0 Å². The van der Waals surface area contributed by atoms with Crippen LogP contribution in [-0.2, 0) is 0 Å². The molecule has 17 heavy (non-hydrogen) atoms. The first-order valence-electron chi connectivity index (χ1n) is 7.88. The number of nitrogens with one attached hydrogen (secondary N) is 1. The van der Waals surface area contributed by atoms with Gasteiger partial charge in [0, 0.05) is 12.1 Å². The van der Waals surface area contributed by atoms with Gasteiger partial charge in [0.15, 0.2) is 0 Å². The van der Waals surface area contributed by atoms with Crippen LogP contribution < -0.4 is 5.32 Å². The first-order valence-corrected chi connectivity index (χ1v) is 7.88. The Morgan fingerprint density at radius 1 is 1.12 bits per heavy atom. The molecule has 1 saturated carbocycles. The fourth-order valence-corrected chi connectivity index (χ4v) is 3.37. The number of rotatable bonds is 7. The second kappa shape index (κ2) is 7.41. The molecule has 0 aromatic rings. The zero-order valence-electron chi connectivity index (χ0n) is 12.6. The van der Waals surface area contributed by atoms with E-state index in [1.165, 1.54) is 38.5 Å². The highest BCUT2D eigenvalue weighted by Gasteiger charge is 2.32. The van der Waals surface area contributed by atoms with E-state index in [4.69, 9.17) is 0 Å². The summed E-state index contributed by atoms with van der Waals surface area (Å²) in [6, 6.07) is 1.53. The van der Waals surface area contributed by atoms with Gasteiger partial charge in [-0.15, -0.1) is 0 Å². The van der Waals surface area contributed by atoms with Gasteiger partial charge in [0.25, 0.3) is 0 Å². The van der Waals surface area contributed by atoms with E-state index in [2.05, 4.69) is 39.9 Å². The Balaban J connectivity index is 2.40. The topological polar surface area (TPSA) is 12.0 Å². The van der Waals surface area contributed by atoms with Crippen LogP contribution in [0.4, 0.5) is 0 Å². The van der Waals surface area contributed by atoms with Crippen LogP contribution in [0.1, 0.15) is 73.1 Å². The van der Waals surface area contributed by atoms with E-state index in [1.54, 1.807) is 0 Å². The predicted octanol–water partition coefficient (Wildman–Crippen LogP) is 4.62. The molecular weight excluding hydrogens is 206 g/mol. The Bertz CT molecular complexity index is 202. The normalized spacial score (nSPS) is 32.6. The molecule has 5 unspecified atom stereocenters. The highest BCUT2D eigenvalue weighted by molar-refractivity contribution is 4.88. The van der Waals surface area contributed by atoms with Crippen molar-refractivity contribution in [2.24, 2.45) is 17.8 Å². The molecule has 0 amide bonds. The molecule has 0 aliphatic heterocycles. The second-order valence-electron chi connectivity index (χ2n) is 6.23. The SMILES string of the molecule is CCC(C)CC(CC)NC1CCC(CC)C1C. The van der Waals surface area contributed by atoms with Gasteiger partial charge in [-0.1, -0.05) is 47.5 Å². The highest BCUT2D eigenvalue weighted by atomic mass is 15.0. The minimum atomic E-state index is 0.744.